The minimum absolute atomic E-state index is 0.0973. The van der Waals surface area contributed by atoms with E-state index < -0.39 is 5.97 Å². The van der Waals surface area contributed by atoms with Crippen LogP contribution >= 0.6 is 11.3 Å². The SMILES string of the molecule is Cc1c(C(=O)OCCOc2ccccc2)sc2nc(C(C)C)[nH]c(=O)c12. The first-order valence-corrected chi connectivity index (χ1v) is 9.17. The van der Waals surface area contributed by atoms with Crippen LogP contribution in [0.15, 0.2) is 35.1 Å². The average molecular weight is 372 g/mol. The summed E-state index contributed by atoms with van der Waals surface area (Å²) in [7, 11) is 0. The summed E-state index contributed by atoms with van der Waals surface area (Å²) >= 11 is 1.19. The Balaban J connectivity index is 1.71. The van der Waals surface area contributed by atoms with Crippen LogP contribution in [0.3, 0.4) is 0 Å². The second kappa shape index (κ2) is 7.70. The number of carbonyl (C=O) groups is 1. The van der Waals surface area contributed by atoms with Gasteiger partial charge in [-0.2, -0.15) is 0 Å². The van der Waals surface area contributed by atoms with Crippen LogP contribution in [-0.2, 0) is 4.74 Å². The number of aromatic nitrogens is 2. The molecule has 0 aliphatic heterocycles. The van der Waals surface area contributed by atoms with Gasteiger partial charge in [-0.05, 0) is 24.6 Å². The summed E-state index contributed by atoms with van der Waals surface area (Å²) in [6.07, 6.45) is 0. The quantitative estimate of drug-likeness (QED) is 0.528. The molecular weight excluding hydrogens is 352 g/mol. The van der Waals surface area contributed by atoms with E-state index in [1.165, 1.54) is 11.3 Å². The van der Waals surface area contributed by atoms with Gasteiger partial charge >= 0.3 is 5.97 Å². The zero-order valence-corrected chi connectivity index (χ0v) is 15.7. The zero-order chi connectivity index (χ0) is 18.7. The summed E-state index contributed by atoms with van der Waals surface area (Å²) in [5, 5.41) is 0.451. The van der Waals surface area contributed by atoms with Gasteiger partial charge in [0.2, 0.25) is 0 Å². The molecule has 3 rings (SSSR count). The second-order valence-corrected chi connectivity index (χ2v) is 7.14. The maximum Gasteiger partial charge on any atom is 0.348 e. The zero-order valence-electron chi connectivity index (χ0n) is 14.9. The monoisotopic (exact) mass is 372 g/mol. The van der Waals surface area contributed by atoms with Crippen molar-refractivity contribution in [1.29, 1.82) is 0 Å². The fraction of sp³-hybridized carbons (Fsp3) is 0.316. The number of fused-ring (bicyclic) bond motifs is 1. The van der Waals surface area contributed by atoms with Gasteiger partial charge in [-0.1, -0.05) is 32.0 Å². The smallest absolute Gasteiger partial charge is 0.348 e. The number of nitrogens with one attached hydrogen (secondary N) is 1. The number of esters is 1. The van der Waals surface area contributed by atoms with Crippen molar-refractivity contribution in [2.45, 2.75) is 26.7 Å². The van der Waals surface area contributed by atoms with E-state index in [4.69, 9.17) is 9.47 Å². The van der Waals surface area contributed by atoms with Gasteiger partial charge in [-0.15, -0.1) is 11.3 Å². The van der Waals surface area contributed by atoms with E-state index in [0.717, 1.165) is 5.75 Å². The Hall–Kier alpha value is -2.67. The molecule has 1 N–H and O–H groups in total. The fourth-order valence-electron chi connectivity index (χ4n) is 2.50. The van der Waals surface area contributed by atoms with Gasteiger partial charge in [0.15, 0.2) is 0 Å². The largest absolute Gasteiger partial charge is 0.490 e. The van der Waals surface area contributed by atoms with Crippen LogP contribution in [-0.4, -0.2) is 29.2 Å². The van der Waals surface area contributed by atoms with E-state index in [0.29, 0.717) is 26.5 Å². The molecule has 0 bridgehead atoms. The van der Waals surface area contributed by atoms with Crippen LogP contribution in [0, 0.1) is 6.92 Å². The van der Waals surface area contributed by atoms with Crippen molar-refractivity contribution in [2.75, 3.05) is 13.2 Å². The molecule has 0 aliphatic rings. The Morgan fingerprint density at radius 1 is 1.23 bits per heavy atom. The number of aryl methyl sites for hydroxylation is 1. The lowest BCUT2D eigenvalue weighted by atomic mass is 10.2. The van der Waals surface area contributed by atoms with Gasteiger partial charge in [0.25, 0.3) is 5.56 Å². The number of aromatic amines is 1. The lowest BCUT2D eigenvalue weighted by molar-refractivity contribution is 0.0455. The summed E-state index contributed by atoms with van der Waals surface area (Å²) in [5.41, 5.74) is 0.377. The number of hydrogen-bond donors (Lipinski definition) is 1. The van der Waals surface area contributed by atoms with Crippen molar-refractivity contribution < 1.29 is 14.3 Å². The van der Waals surface area contributed by atoms with Crippen LogP contribution in [0.5, 0.6) is 5.75 Å². The topological polar surface area (TPSA) is 81.3 Å². The van der Waals surface area contributed by atoms with E-state index in [9.17, 15) is 9.59 Å². The maximum absolute atomic E-state index is 12.4. The first-order valence-electron chi connectivity index (χ1n) is 8.35. The summed E-state index contributed by atoms with van der Waals surface area (Å²) in [5.74, 6) is 0.964. The molecule has 3 aromatic rings. The van der Waals surface area contributed by atoms with Crippen molar-refractivity contribution in [3.8, 4) is 5.75 Å². The highest BCUT2D eigenvalue weighted by Gasteiger charge is 2.20. The predicted molar refractivity (Wildman–Crippen MR) is 101 cm³/mol. The van der Waals surface area contributed by atoms with E-state index in [1.807, 2.05) is 44.2 Å². The van der Waals surface area contributed by atoms with Crippen LogP contribution in [0.1, 0.15) is 40.8 Å². The minimum Gasteiger partial charge on any atom is -0.490 e. The first-order chi connectivity index (χ1) is 12.5. The average Bonchev–Trinajstić information content (AvgIpc) is 2.96. The van der Waals surface area contributed by atoms with Gasteiger partial charge in [0.1, 0.15) is 34.5 Å². The number of thiophene rings is 1. The van der Waals surface area contributed by atoms with E-state index in [-0.39, 0.29) is 24.7 Å². The number of ether oxygens (including phenoxy) is 2. The molecule has 2 aromatic heterocycles. The van der Waals surface area contributed by atoms with Gasteiger partial charge in [0, 0.05) is 5.92 Å². The molecular formula is C19H20N2O4S. The molecule has 0 fully saturated rings. The minimum atomic E-state index is -0.465. The summed E-state index contributed by atoms with van der Waals surface area (Å²) in [4.78, 5) is 32.9. The van der Waals surface area contributed by atoms with Crippen LogP contribution < -0.4 is 10.3 Å². The van der Waals surface area contributed by atoms with E-state index in [2.05, 4.69) is 9.97 Å². The maximum atomic E-state index is 12.4. The molecule has 136 valence electrons. The van der Waals surface area contributed by atoms with Gasteiger partial charge in [-0.25, -0.2) is 9.78 Å². The van der Waals surface area contributed by atoms with Crippen molar-refractivity contribution >= 4 is 27.5 Å². The van der Waals surface area contributed by atoms with Gasteiger partial charge in [0.05, 0.1) is 5.39 Å². The van der Waals surface area contributed by atoms with Crippen molar-refractivity contribution in [3.05, 3.63) is 57.0 Å². The molecule has 6 nitrogen and oxygen atoms in total. The molecule has 1 aromatic carbocycles. The number of rotatable bonds is 6. The normalized spacial score (nSPS) is 11.1. The van der Waals surface area contributed by atoms with Crippen LogP contribution in [0.2, 0.25) is 0 Å². The van der Waals surface area contributed by atoms with E-state index in [1.54, 1.807) is 6.92 Å². The molecule has 0 spiro atoms. The number of para-hydroxylation sites is 1. The molecule has 0 radical (unpaired) electrons. The Labute approximate surface area is 154 Å². The van der Waals surface area contributed by atoms with Gasteiger partial charge < -0.3 is 14.5 Å². The lowest BCUT2D eigenvalue weighted by Gasteiger charge is -2.06. The first kappa shape index (κ1) is 18.1. The fourth-order valence-corrected chi connectivity index (χ4v) is 3.59. The number of nitrogens with zero attached hydrogens (tertiary/aromatic N) is 1. The Morgan fingerprint density at radius 2 is 1.96 bits per heavy atom. The molecule has 2 heterocycles. The standard InChI is InChI=1S/C19H20N2O4S/c1-11(2)16-20-17(22)14-12(3)15(26-18(14)21-16)19(23)25-10-9-24-13-7-5-4-6-8-13/h4-8,11H,9-10H2,1-3H3,(H,20,21,22). The van der Waals surface area contributed by atoms with E-state index >= 15 is 0 Å². The molecule has 7 heteroatoms. The summed E-state index contributed by atoms with van der Waals surface area (Å²) in [6.45, 7) is 6.03. The Morgan fingerprint density at radius 3 is 2.65 bits per heavy atom. The third-order valence-corrected chi connectivity index (χ3v) is 5.05. The molecule has 0 saturated heterocycles. The van der Waals surface area contributed by atoms with Crippen LogP contribution in [0.4, 0.5) is 0 Å². The third kappa shape index (κ3) is 3.77. The highest BCUT2D eigenvalue weighted by molar-refractivity contribution is 7.20. The highest BCUT2D eigenvalue weighted by Crippen LogP contribution is 2.28. The summed E-state index contributed by atoms with van der Waals surface area (Å²) in [6, 6.07) is 9.32. The lowest BCUT2D eigenvalue weighted by Crippen LogP contribution is -2.13. The number of hydrogen-bond acceptors (Lipinski definition) is 6. The molecule has 26 heavy (non-hydrogen) atoms. The molecule has 0 unspecified atom stereocenters. The molecule has 0 aliphatic carbocycles. The van der Waals surface area contributed by atoms with Crippen molar-refractivity contribution in [2.24, 2.45) is 0 Å². The van der Waals surface area contributed by atoms with Gasteiger partial charge in [-0.3, -0.25) is 4.79 Å². The predicted octanol–water partition coefficient (Wildman–Crippen LogP) is 3.65. The van der Waals surface area contributed by atoms with Crippen LogP contribution in [0.25, 0.3) is 10.2 Å². The Bertz CT molecular complexity index is 976. The molecule has 0 atom stereocenters. The molecule has 0 amide bonds. The number of carbonyl (C=O) groups excluding carboxylic acids is 1. The third-order valence-electron chi connectivity index (χ3n) is 3.88. The second-order valence-electron chi connectivity index (χ2n) is 6.14. The summed E-state index contributed by atoms with van der Waals surface area (Å²) < 4.78 is 10.8. The highest BCUT2D eigenvalue weighted by atomic mass is 32.1. The number of benzene rings is 1. The Kier molecular flexibility index (Phi) is 5.37. The molecule has 0 saturated carbocycles. The van der Waals surface area contributed by atoms with Crippen molar-refractivity contribution in [3.63, 3.8) is 0 Å². The number of H-pyrrole nitrogens is 1. The van der Waals surface area contributed by atoms with Crippen molar-refractivity contribution in [1.82, 2.24) is 9.97 Å².